The third-order valence-corrected chi connectivity index (χ3v) is 4.02. The second-order valence-electron chi connectivity index (χ2n) is 4.16. The van der Waals surface area contributed by atoms with Crippen LogP contribution >= 0.6 is 34.2 Å². The first-order valence-corrected chi connectivity index (χ1v) is 6.76. The van der Waals surface area contributed by atoms with E-state index in [1.54, 1.807) is 0 Å². The van der Waals surface area contributed by atoms with Crippen LogP contribution in [0.1, 0.15) is 13.3 Å². The van der Waals surface area contributed by atoms with Crippen LogP contribution in [0.2, 0.25) is 5.02 Å². The first-order valence-electron chi connectivity index (χ1n) is 5.30. The van der Waals surface area contributed by atoms with E-state index in [0.717, 1.165) is 21.7 Å². The molecular formula is C12H13ClINO. The molecule has 2 rings (SSSR count). The zero-order valence-electron chi connectivity index (χ0n) is 9.04. The van der Waals surface area contributed by atoms with Crippen molar-refractivity contribution in [2.24, 2.45) is 5.92 Å². The molecule has 1 fully saturated rings. The highest BCUT2D eigenvalue weighted by Gasteiger charge is 2.24. The van der Waals surface area contributed by atoms with Crippen LogP contribution in [-0.4, -0.2) is 18.9 Å². The van der Waals surface area contributed by atoms with Gasteiger partial charge in [0.1, 0.15) is 5.78 Å². The van der Waals surface area contributed by atoms with Crippen LogP contribution in [-0.2, 0) is 4.79 Å². The highest BCUT2D eigenvalue weighted by Crippen LogP contribution is 2.28. The zero-order chi connectivity index (χ0) is 11.7. The number of hydrogen-bond acceptors (Lipinski definition) is 2. The molecule has 4 heteroatoms. The standard InChI is InChI=1S/C12H13ClINO/c1-8-7-15(5-4-12(8)16)11-3-2-9(13)6-10(11)14/h2-3,6,8H,4-5,7H2,1H3. The molecule has 2 nitrogen and oxygen atoms in total. The van der Waals surface area contributed by atoms with Gasteiger partial charge in [0, 0.05) is 34.0 Å². The SMILES string of the molecule is CC1CN(c2ccc(Cl)cc2I)CCC1=O. The van der Waals surface area contributed by atoms with Gasteiger partial charge in [0.15, 0.2) is 0 Å². The quantitative estimate of drug-likeness (QED) is 0.725. The minimum absolute atomic E-state index is 0.139. The monoisotopic (exact) mass is 349 g/mol. The van der Waals surface area contributed by atoms with Gasteiger partial charge in [-0.25, -0.2) is 0 Å². The minimum atomic E-state index is 0.139. The van der Waals surface area contributed by atoms with Crippen molar-refractivity contribution in [3.63, 3.8) is 0 Å². The maximum atomic E-state index is 11.5. The molecule has 0 spiro atoms. The number of benzene rings is 1. The van der Waals surface area contributed by atoms with Crippen molar-refractivity contribution in [1.82, 2.24) is 0 Å². The van der Waals surface area contributed by atoms with E-state index >= 15 is 0 Å². The lowest BCUT2D eigenvalue weighted by molar-refractivity contribution is -0.122. The molecule has 0 N–H and O–H groups in total. The second kappa shape index (κ2) is 4.92. The van der Waals surface area contributed by atoms with Crippen LogP contribution in [0, 0.1) is 9.49 Å². The fraction of sp³-hybridized carbons (Fsp3) is 0.417. The fourth-order valence-corrected chi connectivity index (χ4v) is 3.18. The van der Waals surface area contributed by atoms with Gasteiger partial charge < -0.3 is 4.90 Å². The number of anilines is 1. The Morgan fingerprint density at radius 1 is 1.50 bits per heavy atom. The van der Waals surface area contributed by atoms with Crippen molar-refractivity contribution in [3.05, 3.63) is 26.8 Å². The van der Waals surface area contributed by atoms with Crippen molar-refractivity contribution in [2.45, 2.75) is 13.3 Å². The molecule has 0 radical (unpaired) electrons. The number of ketones is 1. The Labute approximate surface area is 114 Å². The summed E-state index contributed by atoms with van der Waals surface area (Å²) < 4.78 is 1.15. The normalized spacial score (nSPS) is 21.3. The van der Waals surface area contributed by atoms with Crippen LogP contribution in [0.3, 0.4) is 0 Å². The fourth-order valence-electron chi connectivity index (χ4n) is 1.97. The predicted octanol–water partition coefficient (Wildman–Crippen LogP) is 3.36. The van der Waals surface area contributed by atoms with Gasteiger partial charge in [0.05, 0.1) is 5.69 Å². The Morgan fingerprint density at radius 3 is 2.88 bits per heavy atom. The van der Waals surface area contributed by atoms with Crippen molar-refractivity contribution >= 4 is 45.7 Å². The molecule has 1 aromatic carbocycles. The van der Waals surface area contributed by atoms with Gasteiger partial charge >= 0.3 is 0 Å². The first kappa shape index (κ1) is 12.2. The summed E-state index contributed by atoms with van der Waals surface area (Å²) in [7, 11) is 0. The summed E-state index contributed by atoms with van der Waals surface area (Å²) in [6.07, 6.45) is 0.653. The molecule has 86 valence electrons. The van der Waals surface area contributed by atoms with Crippen LogP contribution in [0.15, 0.2) is 18.2 Å². The molecule has 16 heavy (non-hydrogen) atoms. The smallest absolute Gasteiger partial charge is 0.139 e. The Morgan fingerprint density at radius 2 is 2.25 bits per heavy atom. The summed E-state index contributed by atoms with van der Waals surface area (Å²) in [6.45, 7) is 3.63. The summed E-state index contributed by atoms with van der Waals surface area (Å²) in [4.78, 5) is 13.7. The Kier molecular flexibility index (Phi) is 3.74. The lowest BCUT2D eigenvalue weighted by Gasteiger charge is -2.32. The second-order valence-corrected chi connectivity index (χ2v) is 5.76. The third kappa shape index (κ3) is 2.51. The van der Waals surface area contributed by atoms with E-state index in [2.05, 4.69) is 27.5 Å². The molecule has 1 aliphatic rings. The molecule has 1 unspecified atom stereocenters. The number of piperidine rings is 1. The van der Waals surface area contributed by atoms with Gasteiger partial charge in [-0.3, -0.25) is 4.79 Å². The van der Waals surface area contributed by atoms with Gasteiger partial charge in [-0.2, -0.15) is 0 Å². The number of carbonyl (C=O) groups excluding carboxylic acids is 1. The lowest BCUT2D eigenvalue weighted by Crippen LogP contribution is -2.39. The van der Waals surface area contributed by atoms with Crippen LogP contribution in [0.4, 0.5) is 5.69 Å². The number of halogens is 2. The van der Waals surface area contributed by atoms with Crippen LogP contribution in [0.5, 0.6) is 0 Å². The van der Waals surface area contributed by atoms with E-state index in [1.807, 2.05) is 25.1 Å². The maximum Gasteiger partial charge on any atom is 0.139 e. The van der Waals surface area contributed by atoms with E-state index in [9.17, 15) is 4.79 Å². The topological polar surface area (TPSA) is 20.3 Å². The summed E-state index contributed by atoms with van der Waals surface area (Å²) in [6, 6.07) is 5.89. The summed E-state index contributed by atoms with van der Waals surface area (Å²) in [5.74, 6) is 0.514. The lowest BCUT2D eigenvalue weighted by atomic mass is 9.98. The molecule has 0 amide bonds. The molecule has 1 atom stereocenters. The molecule has 0 bridgehead atoms. The largest absolute Gasteiger partial charge is 0.370 e. The third-order valence-electron chi connectivity index (χ3n) is 2.92. The molecular weight excluding hydrogens is 336 g/mol. The van der Waals surface area contributed by atoms with Gasteiger partial charge in [-0.15, -0.1) is 0 Å². The van der Waals surface area contributed by atoms with Crippen molar-refractivity contribution in [3.8, 4) is 0 Å². The summed E-state index contributed by atoms with van der Waals surface area (Å²) >= 11 is 8.22. The van der Waals surface area contributed by atoms with E-state index in [4.69, 9.17) is 11.6 Å². The highest BCUT2D eigenvalue weighted by molar-refractivity contribution is 14.1. The highest BCUT2D eigenvalue weighted by atomic mass is 127. The van der Waals surface area contributed by atoms with Crippen LogP contribution < -0.4 is 4.90 Å². The van der Waals surface area contributed by atoms with Crippen molar-refractivity contribution < 1.29 is 4.79 Å². The maximum absolute atomic E-state index is 11.5. The Hall–Kier alpha value is -0.290. The van der Waals surface area contributed by atoms with E-state index < -0.39 is 0 Å². The number of carbonyl (C=O) groups is 1. The molecule has 1 heterocycles. The number of Topliss-reactive ketones (excluding diaryl/α,β-unsaturated/α-hetero) is 1. The Bertz CT molecular complexity index is 421. The molecule has 1 saturated heterocycles. The van der Waals surface area contributed by atoms with Gasteiger partial charge in [0.25, 0.3) is 0 Å². The van der Waals surface area contributed by atoms with Crippen molar-refractivity contribution in [2.75, 3.05) is 18.0 Å². The van der Waals surface area contributed by atoms with E-state index in [0.29, 0.717) is 12.2 Å². The predicted molar refractivity (Wildman–Crippen MR) is 75.2 cm³/mol. The summed E-state index contributed by atoms with van der Waals surface area (Å²) in [5, 5.41) is 0.759. The average Bonchev–Trinajstić information content (AvgIpc) is 2.22. The number of rotatable bonds is 1. The van der Waals surface area contributed by atoms with Crippen LogP contribution in [0.25, 0.3) is 0 Å². The molecule has 0 aromatic heterocycles. The molecule has 1 aromatic rings. The molecule has 0 aliphatic carbocycles. The molecule has 1 aliphatic heterocycles. The van der Waals surface area contributed by atoms with Crippen molar-refractivity contribution in [1.29, 1.82) is 0 Å². The van der Waals surface area contributed by atoms with E-state index in [1.165, 1.54) is 5.69 Å². The zero-order valence-corrected chi connectivity index (χ0v) is 12.0. The van der Waals surface area contributed by atoms with E-state index in [-0.39, 0.29) is 5.92 Å². The first-order chi connectivity index (χ1) is 7.58. The number of hydrogen-bond donors (Lipinski definition) is 0. The van der Waals surface area contributed by atoms with Gasteiger partial charge in [0.2, 0.25) is 0 Å². The summed E-state index contributed by atoms with van der Waals surface area (Å²) in [5.41, 5.74) is 1.18. The molecule has 0 saturated carbocycles. The number of nitrogens with zero attached hydrogens (tertiary/aromatic N) is 1. The van der Waals surface area contributed by atoms with Gasteiger partial charge in [-0.05, 0) is 40.8 Å². The van der Waals surface area contributed by atoms with Gasteiger partial charge in [-0.1, -0.05) is 18.5 Å². The minimum Gasteiger partial charge on any atom is -0.370 e. The average molecular weight is 350 g/mol. The Balaban J connectivity index is 2.21.